The van der Waals surface area contributed by atoms with Crippen LogP contribution in [0.2, 0.25) is 0 Å². The van der Waals surface area contributed by atoms with Gasteiger partial charge in [-0.15, -0.1) is 35.6 Å². The summed E-state index contributed by atoms with van der Waals surface area (Å²) in [7, 11) is 0. The second kappa shape index (κ2) is 46.3. The molecule has 3 heterocycles. The molecule has 546 valence electrons. The average Bonchev–Trinajstić information content (AvgIpc) is 0.793. The van der Waals surface area contributed by atoms with Crippen LogP contribution in [0.25, 0.3) is 25.5 Å². The minimum Gasteiger partial charge on any atom is -0.466 e. The maximum absolute atomic E-state index is 14.0. The minimum atomic E-state index is -0.977. The van der Waals surface area contributed by atoms with E-state index in [0.717, 1.165) is 63.8 Å². The molecule has 4 aromatic carbocycles. The molecule has 0 atom stereocenters. The van der Waals surface area contributed by atoms with Crippen molar-refractivity contribution in [1.82, 2.24) is 15.1 Å². The van der Waals surface area contributed by atoms with Crippen LogP contribution in [-0.4, -0.2) is 122 Å². The number of halogens is 9. The van der Waals surface area contributed by atoms with Gasteiger partial charge in [-0.1, -0.05) is 57.0 Å². The Morgan fingerprint density at radius 2 is 1.00 bits per heavy atom. The zero-order valence-corrected chi connectivity index (χ0v) is 63.8. The lowest BCUT2D eigenvalue weighted by Crippen LogP contribution is -2.46. The average molecular weight is 1580 g/mol. The number of aryl methyl sites for hydroxylation is 1. The van der Waals surface area contributed by atoms with E-state index in [1.807, 2.05) is 20.8 Å². The molecule has 17 nitrogen and oxygen atoms in total. The molecule has 3 aliphatic rings. The predicted molar refractivity (Wildman–Crippen MR) is 392 cm³/mol. The van der Waals surface area contributed by atoms with E-state index in [4.69, 9.17) is 68.4 Å². The van der Waals surface area contributed by atoms with Gasteiger partial charge in [0.1, 0.15) is 34.5 Å². The zero-order chi connectivity index (χ0) is 74.4. The Kier molecular flexibility index (Phi) is 42.1. The van der Waals surface area contributed by atoms with Crippen molar-refractivity contribution in [2.45, 2.75) is 167 Å². The normalized spacial score (nSPS) is 14.7. The topological polar surface area (TPSA) is 167 Å². The van der Waals surface area contributed by atoms with Crippen molar-refractivity contribution in [2.75, 3.05) is 70.8 Å². The maximum Gasteiger partial charge on any atom is 0.410 e. The summed E-state index contributed by atoms with van der Waals surface area (Å²) in [5, 5.41) is 3.23. The molecule has 3 saturated heterocycles. The van der Waals surface area contributed by atoms with Crippen LogP contribution < -0.4 is 5.32 Å². The highest BCUT2D eigenvalue weighted by molar-refractivity contribution is 9.10. The number of piperidine rings is 3. The lowest BCUT2D eigenvalue weighted by atomic mass is 9.79. The van der Waals surface area contributed by atoms with Crippen LogP contribution in [0.1, 0.15) is 160 Å². The summed E-state index contributed by atoms with van der Waals surface area (Å²) in [4.78, 5) is 75.5. The second-order valence-corrected chi connectivity index (χ2v) is 27.1. The first-order valence-corrected chi connectivity index (χ1v) is 35.1. The minimum absolute atomic E-state index is 0. The van der Waals surface area contributed by atoms with Crippen LogP contribution in [-0.2, 0) is 67.7 Å². The quantitative estimate of drug-likeness (QED) is 0.0203. The Bertz CT molecular complexity index is 3490. The molecule has 100 heavy (non-hydrogen) atoms. The largest absolute Gasteiger partial charge is 0.466 e. The van der Waals surface area contributed by atoms with Crippen LogP contribution in [0, 0.1) is 49.6 Å². The number of likely N-dealkylation sites (tertiary alicyclic amines) is 2. The molecule has 0 radical (unpaired) electrons. The first-order valence-electron chi connectivity index (χ1n) is 32.4. The number of benzene rings is 4. The Hall–Kier alpha value is -7.22. The molecule has 0 bridgehead atoms. The Morgan fingerprint density at radius 1 is 0.580 bits per heavy atom. The number of carbonyl (C=O) groups is 5. The number of esters is 3. The molecule has 0 aromatic heterocycles. The number of nitrogens with zero attached hydrogens (tertiary/aromatic N) is 6. The molecule has 26 heteroatoms. The molecule has 3 fully saturated rings. The van der Waals surface area contributed by atoms with Crippen molar-refractivity contribution in [3.05, 3.63) is 203 Å². The van der Waals surface area contributed by atoms with Crippen molar-refractivity contribution in [3.63, 3.8) is 0 Å². The van der Waals surface area contributed by atoms with E-state index < -0.39 is 45.7 Å². The molecule has 4 aromatic rings. The van der Waals surface area contributed by atoms with E-state index in [1.165, 1.54) is 61.0 Å². The van der Waals surface area contributed by atoms with Crippen LogP contribution in [0.5, 0.6) is 0 Å². The highest BCUT2D eigenvalue weighted by Gasteiger charge is 2.47. The van der Waals surface area contributed by atoms with E-state index in [0.29, 0.717) is 107 Å². The number of hydrogen-bond acceptors (Lipinski definition) is 11. The first-order chi connectivity index (χ1) is 46.8. The highest BCUT2D eigenvalue weighted by atomic mass is 79.9. The van der Waals surface area contributed by atoms with Gasteiger partial charge in [0.15, 0.2) is 0 Å². The fourth-order valence-corrected chi connectivity index (χ4v) is 11.6. The maximum atomic E-state index is 14.0. The smallest absolute Gasteiger partial charge is 0.410 e. The fraction of sp³-hybridized carbons (Fsp3) is 0.500. The summed E-state index contributed by atoms with van der Waals surface area (Å²) >= 11 is 17.4. The summed E-state index contributed by atoms with van der Waals surface area (Å²) in [6.45, 7) is 53.2. The lowest BCUT2D eigenvalue weighted by Gasteiger charge is -2.35. The fourth-order valence-electron chi connectivity index (χ4n) is 10.2. The van der Waals surface area contributed by atoms with Gasteiger partial charge >= 0.3 is 30.1 Å². The van der Waals surface area contributed by atoms with E-state index >= 15 is 0 Å². The van der Waals surface area contributed by atoms with Crippen molar-refractivity contribution in [2.24, 2.45) is 0 Å². The van der Waals surface area contributed by atoms with E-state index in [-0.39, 0.29) is 67.5 Å². The summed E-state index contributed by atoms with van der Waals surface area (Å²) < 4.78 is 80.4. The molecule has 2 amide bonds. The molecular weight excluding hydrogens is 1490 g/mol. The van der Waals surface area contributed by atoms with Crippen LogP contribution in [0.15, 0.2) is 100 Å². The standard InChI is InChI=1S/C22H27FN2O4.C17H20BrFN2O2.C17H21FN2O2.C8H5BrFN.C5H10Cl2.C5H8O2.ClH/c1-6-28-19(26)10-8-16-7-9-17(23)15-18(16)22(24-5)11-13-25(14-12-22)20(27)29-21(2,3)4;1-16(2,3)23-15(22)21-9-7-17(20-4,8-10-21)13-11-12(19)5-6-14(13)18;1-3-22-16(21)7-5-13-4-6-14(18)12-15(13)17(19-2)8-10-20-11-9-17;1-11-5-6-4-7(10)2-3-8(6)9;6-4-2-1-3-5-7;1-3-5(6)7-4-2;/h7-10,15H,6,11-14H2,1-4H3;5-6,11H,7-10H2,1-3H3;4,6,12,20H,3,5,7-11H2,1H3;2-4H,5H2;1-5H2;3H,1,4H2,2H3;1H/b10-8+;;;;;;. The Labute approximate surface area is 620 Å². The van der Waals surface area contributed by atoms with Crippen molar-refractivity contribution in [3.8, 4) is 0 Å². The second-order valence-electron chi connectivity index (χ2n) is 24.6. The van der Waals surface area contributed by atoms with Gasteiger partial charge in [0.2, 0.25) is 6.54 Å². The molecule has 0 aliphatic carbocycles. The molecule has 7 rings (SSSR count). The zero-order valence-electron chi connectivity index (χ0n) is 58.3. The van der Waals surface area contributed by atoms with Crippen LogP contribution >= 0.6 is 67.5 Å². The first kappa shape index (κ1) is 90.8. The molecule has 1 N–H and O–H groups in total. The van der Waals surface area contributed by atoms with Gasteiger partial charge in [0, 0.05) is 134 Å². The number of ether oxygens (including phenoxy) is 5. The number of carbonyl (C=O) groups excluding carboxylic acids is 5. The predicted octanol–water partition coefficient (Wildman–Crippen LogP) is 18.9. The van der Waals surface area contributed by atoms with Crippen molar-refractivity contribution < 1.29 is 65.2 Å². The number of rotatable bonds is 17. The van der Waals surface area contributed by atoms with E-state index in [9.17, 15) is 41.5 Å². The van der Waals surface area contributed by atoms with Crippen molar-refractivity contribution in [1.29, 1.82) is 0 Å². The summed E-state index contributed by atoms with van der Waals surface area (Å²) in [5.74, 6) is -1.02. The summed E-state index contributed by atoms with van der Waals surface area (Å²) in [6.07, 6.45) is 10.2. The lowest BCUT2D eigenvalue weighted by molar-refractivity contribution is -0.143. The van der Waals surface area contributed by atoms with E-state index in [1.54, 1.807) is 81.7 Å². The molecule has 0 unspecified atom stereocenters. The third-order valence-corrected chi connectivity index (χ3v) is 17.1. The Balaban J connectivity index is 0.000000641. The van der Waals surface area contributed by atoms with Gasteiger partial charge in [0.25, 0.3) is 16.6 Å². The number of alkyl halides is 2. The number of unbranched alkanes of at least 4 members (excludes halogenated alkanes) is 2. The van der Waals surface area contributed by atoms with Crippen molar-refractivity contribution >= 4 is 104 Å². The van der Waals surface area contributed by atoms with Crippen LogP contribution in [0.3, 0.4) is 0 Å². The van der Waals surface area contributed by atoms with Gasteiger partial charge in [-0.2, -0.15) is 0 Å². The third kappa shape index (κ3) is 31.8. The SMILES string of the molecule is C=CC(=O)OCC.Cl.ClCCCCCCl.[C-]#[N+]C1(c2cc(F)ccc2/C=C/C(=O)OCC)CCN(C(=O)OC(C)(C)C)CC1.[C-]#[N+]C1(c2cc(F)ccc2Br)CCN(C(=O)OC(C)(C)C)CC1.[C-]#[N+]C1(c2cc(F)ccc2CCC(=O)OCC)CCNCC1.[C-]#[N+]Cc1cc(F)ccc1Br. The number of amides is 2. The highest BCUT2D eigenvalue weighted by Crippen LogP contribution is 2.43. The van der Waals surface area contributed by atoms with Gasteiger partial charge in [-0.25, -0.2) is 63.0 Å². The summed E-state index contributed by atoms with van der Waals surface area (Å²) in [6, 6.07) is 17.5. The Morgan fingerprint density at radius 3 is 1.44 bits per heavy atom. The number of nitrogens with one attached hydrogen (secondary N) is 1. The van der Waals surface area contributed by atoms with Crippen LogP contribution in [0.4, 0.5) is 27.2 Å². The molecule has 3 aliphatic heterocycles. The van der Waals surface area contributed by atoms with Gasteiger partial charge < -0.3 is 58.2 Å². The van der Waals surface area contributed by atoms with Gasteiger partial charge in [0.05, 0.1) is 25.4 Å². The monoisotopic (exact) mass is 1580 g/mol. The van der Waals surface area contributed by atoms with Gasteiger partial charge in [-0.05, 0) is 159 Å². The molecule has 0 saturated carbocycles. The van der Waals surface area contributed by atoms with Gasteiger partial charge in [-0.3, -0.25) is 4.79 Å². The summed E-state index contributed by atoms with van der Waals surface area (Å²) in [5.41, 5.74) is 0.428. The number of hydrogen-bond donors (Lipinski definition) is 1. The molecule has 0 spiro atoms. The third-order valence-electron chi connectivity index (χ3n) is 15.1. The van der Waals surface area contributed by atoms with E-state index in [2.05, 4.69) is 67.9 Å². The molecular formula is C74H92Br2Cl3F4N7O10.